The predicted octanol–water partition coefficient (Wildman–Crippen LogP) is 1.99. The smallest absolute Gasteiger partial charge is 0.410 e. The Balaban J connectivity index is 1.92. The van der Waals surface area contributed by atoms with Gasteiger partial charge in [0.25, 0.3) is 0 Å². The number of likely N-dealkylation sites (tertiary alicyclic amines) is 1. The molecule has 0 aromatic rings. The topological polar surface area (TPSA) is 55.8 Å². The zero-order chi connectivity index (χ0) is 14.1. The number of ketones is 1. The minimum absolute atomic E-state index is 0.197. The van der Waals surface area contributed by atoms with Crippen molar-refractivity contribution >= 4 is 11.9 Å². The highest BCUT2D eigenvalue weighted by atomic mass is 16.6. The molecule has 0 aromatic heterocycles. The molecule has 0 radical (unpaired) electrons. The Morgan fingerprint density at radius 3 is 2.42 bits per heavy atom. The first kappa shape index (κ1) is 14.3. The Hall–Kier alpha value is -1.10. The van der Waals surface area contributed by atoms with Crippen LogP contribution in [-0.4, -0.2) is 48.7 Å². The minimum atomic E-state index is -0.472. The molecule has 2 fully saturated rings. The third kappa shape index (κ3) is 3.26. The maximum Gasteiger partial charge on any atom is 0.410 e. The first-order valence-corrected chi connectivity index (χ1v) is 6.91. The van der Waals surface area contributed by atoms with Gasteiger partial charge in [0.2, 0.25) is 0 Å². The molecule has 1 spiro atoms. The Morgan fingerprint density at radius 1 is 1.26 bits per heavy atom. The molecule has 2 heterocycles. The van der Waals surface area contributed by atoms with Crippen LogP contribution in [0.25, 0.3) is 0 Å². The highest BCUT2D eigenvalue weighted by molar-refractivity contribution is 5.86. The van der Waals surface area contributed by atoms with Gasteiger partial charge in [-0.2, -0.15) is 0 Å². The minimum Gasteiger partial charge on any atom is -0.444 e. The zero-order valence-corrected chi connectivity index (χ0v) is 12.0. The van der Waals surface area contributed by atoms with Crippen molar-refractivity contribution in [1.29, 1.82) is 0 Å². The summed E-state index contributed by atoms with van der Waals surface area (Å²) in [6.45, 7) is 7.65. The molecule has 2 saturated heterocycles. The van der Waals surface area contributed by atoms with Crippen molar-refractivity contribution in [2.75, 3.05) is 26.3 Å². The van der Waals surface area contributed by atoms with E-state index in [0.29, 0.717) is 19.7 Å². The number of Topliss-reactive ketones (excluding diaryl/α,β-unsaturated/α-hetero) is 1. The van der Waals surface area contributed by atoms with E-state index in [-0.39, 0.29) is 23.9 Å². The number of ether oxygens (including phenoxy) is 2. The Bertz CT molecular complexity index is 364. The SMILES string of the molecule is CC(C)(C)OC(=O)N1CCC2(CCOCC2=O)CC1. The van der Waals surface area contributed by atoms with Crippen LogP contribution < -0.4 is 0 Å². The molecular formula is C14H23NO4. The number of hydrogen-bond donors (Lipinski definition) is 0. The van der Waals surface area contributed by atoms with Gasteiger partial charge in [0.05, 0.1) is 0 Å². The van der Waals surface area contributed by atoms with Crippen molar-refractivity contribution in [2.45, 2.75) is 45.6 Å². The molecule has 5 nitrogen and oxygen atoms in total. The summed E-state index contributed by atoms with van der Waals surface area (Å²) in [6.07, 6.45) is 1.97. The van der Waals surface area contributed by atoms with Crippen LogP contribution in [0.5, 0.6) is 0 Å². The number of piperidine rings is 1. The average molecular weight is 269 g/mol. The standard InChI is InChI=1S/C14H23NO4/c1-13(2,3)19-12(17)15-7-4-14(5-8-15)6-9-18-10-11(14)16/h4-10H2,1-3H3. The molecule has 108 valence electrons. The van der Waals surface area contributed by atoms with Crippen LogP contribution in [0.4, 0.5) is 4.79 Å². The molecule has 0 unspecified atom stereocenters. The number of amides is 1. The second-order valence-corrected chi connectivity index (χ2v) is 6.47. The number of carbonyl (C=O) groups excluding carboxylic acids is 2. The second kappa shape index (κ2) is 5.12. The summed E-state index contributed by atoms with van der Waals surface area (Å²) in [5, 5.41) is 0. The number of nitrogens with zero attached hydrogens (tertiary/aromatic N) is 1. The summed E-state index contributed by atoms with van der Waals surface area (Å²) in [5.41, 5.74) is -0.725. The highest BCUT2D eigenvalue weighted by Crippen LogP contribution is 2.38. The monoisotopic (exact) mass is 269 g/mol. The molecule has 5 heteroatoms. The lowest BCUT2D eigenvalue weighted by atomic mass is 9.72. The molecular weight excluding hydrogens is 246 g/mol. The molecule has 0 saturated carbocycles. The lowest BCUT2D eigenvalue weighted by molar-refractivity contribution is -0.144. The van der Waals surface area contributed by atoms with Crippen molar-refractivity contribution in [2.24, 2.45) is 5.41 Å². The van der Waals surface area contributed by atoms with Gasteiger partial charge in [0.15, 0.2) is 5.78 Å². The van der Waals surface area contributed by atoms with Crippen molar-refractivity contribution in [3.05, 3.63) is 0 Å². The van der Waals surface area contributed by atoms with E-state index in [1.54, 1.807) is 4.90 Å². The third-order valence-electron chi connectivity index (χ3n) is 3.92. The van der Waals surface area contributed by atoms with Crippen molar-refractivity contribution in [3.8, 4) is 0 Å². The van der Waals surface area contributed by atoms with Gasteiger partial charge in [0, 0.05) is 25.1 Å². The maximum atomic E-state index is 12.0. The fourth-order valence-corrected chi connectivity index (χ4v) is 2.70. The van der Waals surface area contributed by atoms with Crippen molar-refractivity contribution in [3.63, 3.8) is 0 Å². The maximum absolute atomic E-state index is 12.0. The van der Waals surface area contributed by atoms with Gasteiger partial charge in [-0.3, -0.25) is 4.79 Å². The van der Waals surface area contributed by atoms with E-state index in [9.17, 15) is 9.59 Å². The molecule has 0 atom stereocenters. The highest BCUT2D eigenvalue weighted by Gasteiger charge is 2.43. The van der Waals surface area contributed by atoms with Crippen molar-refractivity contribution in [1.82, 2.24) is 4.90 Å². The van der Waals surface area contributed by atoms with Crippen LogP contribution in [0.1, 0.15) is 40.0 Å². The molecule has 1 amide bonds. The summed E-state index contributed by atoms with van der Waals surface area (Å²) in [4.78, 5) is 25.7. The third-order valence-corrected chi connectivity index (χ3v) is 3.92. The van der Waals surface area contributed by atoms with Crippen LogP contribution >= 0.6 is 0 Å². The van der Waals surface area contributed by atoms with Gasteiger partial charge in [0.1, 0.15) is 12.2 Å². The largest absolute Gasteiger partial charge is 0.444 e. The lowest BCUT2D eigenvalue weighted by Gasteiger charge is -2.42. The van der Waals surface area contributed by atoms with E-state index in [0.717, 1.165) is 19.3 Å². The average Bonchev–Trinajstić information content (AvgIpc) is 2.32. The van der Waals surface area contributed by atoms with Crippen molar-refractivity contribution < 1.29 is 19.1 Å². The molecule has 19 heavy (non-hydrogen) atoms. The van der Waals surface area contributed by atoms with Gasteiger partial charge in [-0.1, -0.05) is 0 Å². The summed E-state index contributed by atoms with van der Waals surface area (Å²) >= 11 is 0. The second-order valence-electron chi connectivity index (χ2n) is 6.47. The summed E-state index contributed by atoms with van der Waals surface area (Å²) in [6, 6.07) is 0. The fourth-order valence-electron chi connectivity index (χ4n) is 2.70. The molecule has 2 aliphatic rings. The van der Waals surface area contributed by atoms with Crippen LogP contribution in [0.3, 0.4) is 0 Å². The van der Waals surface area contributed by atoms with E-state index >= 15 is 0 Å². The normalized spacial score (nSPS) is 23.5. The van der Waals surface area contributed by atoms with Gasteiger partial charge in [-0.25, -0.2) is 4.79 Å². The molecule has 0 bridgehead atoms. The van der Waals surface area contributed by atoms with Gasteiger partial charge in [-0.05, 0) is 40.0 Å². The Labute approximate surface area is 114 Å². The molecule has 2 aliphatic heterocycles. The Morgan fingerprint density at radius 2 is 1.89 bits per heavy atom. The summed E-state index contributed by atoms with van der Waals surface area (Å²) in [7, 11) is 0. The molecule has 0 aliphatic carbocycles. The lowest BCUT2D eigenvalue weighted by Crippen LogP contribution is -2.50. The van der Waals surface area contributed by atoms with E-state index in [4.69, 9.17) is 9.47 Å². The van der Waals surface area contributed by atoms with E-state index in [1.165, 1.54) is 0 Å². The number of rotatable bonds is 0. The summed E-state index contributed by atoms with van der Waals surface area (Å²) in [5.74, 6) is 0.197. The van der Waals surface area contributed by atoms with E-state index < -0.39 is 5.60 Å². The first-order valence-electron chi connectivity index (χ1n) is 6.91. The van der Waals surface area contributed by atoms with Gasteiger partial charge >= 0.3 is 6.09 Å². The summed E-state index contributed by atoms with van der Waals surface area (Å²) < 4.78 is 10.6. The molecule has 0 N–H and O–H groups in total. The van der Waals surface area contributed by atoms with Crippen LogP contribution in [0, 0.1) is 5.41 Å². The zero-order valence-electron chi connectivity index (χ0n) is 12.0. The molecule has 2 rings (SSSR count). The quantitative estimate of drug-likeness (QED) is 0.675. The Kier molecular flexibility index (Phi) is 3.85. The van der Waals surface area contributed by atoms with Crippen LogP contribution in [0.15, 0.2) is 0 Å². The number of carbonyl (C=O) groups is 2. The first-order chi connectivity index (χ1) is 8.82. The number of hydrogen-bond acceptors (Lipinski definition) is 4. The van der Waals surface area contributed by atoms with Crippen LogP contribution in [0.2, 0.25) is 0 Å². The van der Waals surface area contributed by atoms with E-state index in [2.05, 4.69) is 0 Å². The van der Waals surface area contributed by atoms with Crippen LogP contribution in [-0.2, 0) is 14.3 Å². The van der Waals surface area contributed by atoms with Gasteiger partial charge < -0.3 is 14.4 Å². The fraction of sp³-hybridized carbons (Fsp3) is 0.857. The molecule has 0 aromatic carbocycles. The predicted molar refractivity (Wildman–Crippen MR) is 69.9 cm³/mol. The van der Waals surface area contributed by atoms with Gasteiger partial charge in [-0.15, -0.1) is 0 Å². The van der Waals surface area contributed by atoms with E-state index in [1.807, 2.05) is 20.8 Å².